The molecule has 2 unspecified atom stereocenters. The van der Waals surface area contributed by atoms with Crippen LogP contribution in [-0.2, 0) is 0 Å². The Morgan fingerprint density at radius 2 is 1.78 bits per heavy atom. The summed E-state index contributed by atoms with van der Waals surface area (Å²) < 4.78 is 0. The second-order valence-corrected chi connectivity index (χ2v) is 5.54. The maximum absolute atomic E-state index is 3.45. The third kappa shape index (κ3) is 5.25. The molecule has 1 rings (SSSR count). The monoisotopic (exact) mass is 245 g/mol. The lowest BCUT2D eigenvalue weighted by Crippen LogP contribution is -2.10. The maximum Gasteiger partial charge on any atom is -0.0130 e. The summed E-state index contributed by atoms with van der Waals surface area (Å²) in [6.45, 7) is 6.99. The van der Waals surface area contributed by atoms with Gasteiger partial charge in [-0.2, -0.15) is 0 Å². The van der Waals surface area contributed by atoms with Gasteiger partial charge in [0.15, 0.2) is 0 Å². The van der Waals surface area contributed by atoms with Crippen molar-refractivity contribution in [2.75, 3.05) is 0 Å². The van der Waals surface area contributed by atoms with Crippen LogP contribution in [0.4, 0.5) is 0 Å². The predicted octanol–water partition coefficient (Wildman–Crippen LogP) is 5.98. The number of rotatable bonds is 9. The minimum absolute atomic E-state index is 0.712. The molecule has 2 atom stereocenters. The van der Waals surface area contributed by atoms with E-state index in [1.54, 1.807) is 0 Å². The van der Waals surface area contributed by atoms with Gasteiger partial charge < -0.3 is 0 Å². The molecule has 0 aromatic heterocycles. The van der Waals surface area contributed by atoms with E-state index in [2.05, 4.69) is 51.1 Å². The van der Waals surface area contributed by atoms with Crippen LogP contribution >= 0.6 is 0 Å². The lowest BCUT2D eigenvalue weighted by atomic mass is 9.81. The molecule has 1 aromatic rings. The van der Waals surface area contributed by atoms with Gasteiger partial charge in [-0.05, 0) is 29.9 Å². The van der Waals surface area contributed by atoms with Gasteiger partial charge in [0, 0.05) is 0 Å². The molecular weight excluding hydrogens is 216 g/mol. The maximum atomic E-state index is 3.45. The van der Waals surface area contributed by atoms with E-state index in [9.17, 15) is 0 Å². The first-order chi connectivity index (χ1) is 8.79. The second kappa shape index (κ2) is 9.19. The highest BCUT2D eigenvalue weighted by molar-refractivity contribution is 5.18. The standard InChI is InChI=1S/C18H29/c1-4-6-9-15-18(16(3)12-7-5-2)17-13-10-8-11-14-17/h8,10-11,13,16,18H,4-7,9,12,15H2,1-3H3. The fourth-order valence-electron chi connectivity index (χ4n) is 2.73. The van der Waals surface area contributed by atoms with Gasteiger partial charge in [0.25, 0.3) is 0 Å². The largest absolute Gasteiger partial charge is 0.0654 e. The molecule has 18 heavy (non-hydrogen) atoms. The minimum atomic E-state index is 0.712. The molecule has 1 aromatic carbocycles. The molecule has 0 N–H and O–H groups in total. The molecule has 0 saturated heterocycles. The third-order valence-corrected chi connectivity index (χ3v) is 3.95. The zero-order chi connectivity index (χ0) is 13.2. The van der Waals surface area contributed by atoms with Gasteiger partial charge in [-0.3, -0.25) is 0 Å². The lowest BCUT2D eigenvalue weighted by Gasteiger charge is -2.24. The Labute approximate surface area is 114 Å². The summed E-state index contributed by atoms with van der Waals surface area (Å²) in [5.41, 5.74) is 1.43. The molecule has 0 heterocycles. The van der Waals surface area contributed by atoms with Crippen molar-refractivity contribution >= 4 is 0 Å². The van der Waals surface area contributed by atoms with E-state index in [0.29, 0.717) is 5.92 Å². The van der Waals surface area contributed by atoms with E-state index >= 15 is 0 Å². The highest BCUT2D eigenvalue weighted by Gasteiger charge is 2.18. The van der Waals surface area contributed by atoms with Crippen LogP contribution in [-0.4, -0.2) is 0 Å². The number of hydrogen-bond donors (Lipinski definition) is 0. The van der Waals surface area contributed by atoms with Gasteiger partial charge >= 0.3 is 0 Å². The van der Waals surface area contributed by atoms with Crippen molar-refractivity contribution in [3.8, 4) is 0 Å². The summed E-state index contributed by atoms with van der Waals surface area (Å²) in [4.78, 5) is 0. The van der Waals surface area contributed by atoms with E-state index in [1.807, 2.05) is 0 Å². The predicted molar refractivity (Wildman–Crippen MR) is 80.9 cm³/mol. The summed E-state index contributed by atoms with van der Waals surface area (Å²) in [6, 6.07) is 12.0. The average molecular weight is 245 g/mol. The number of hydrogen-bond acceptors (Lipinski definition) is 0. The minimum Gasteiger partial charge on any atom is -0.0654 e. The third-order valence-electron chi connectivity index (χ3n) is 3.95. The Hall–Kier alpha value is -0.780. The normalized spacial score (nSPS) is 14.4. The molecule has 101 valence electrons. The highest BCUT2D eigenvalue weighted by atomic mass is 14.2. The van der Waals surface area contributed by atoms with Crippen LogP contribution < -0.4 is 0 Å². The Morgan fingerprint density at radius 1 is 1.00 bits per heavy atom. The van der Waals surface area contributed by atoms with Crippen LogP contribution in [0.3, 0.4) is 0 Å². The molecule has 0 nitrogen and oxygen atoms in total. The first-order valence-electron chi connectivity index (χ1n) is 7.76. The average Bonchev–Trinajstić information content (AvgIpc) is 2.42. The van der Waals surface area contributed by atoms with Crippen LogP contribution in [0.25, 0.3) is 0 Å². The lowest BCUT2D eigenvalue weighted by molar-refractivity contribution is 0.384. The summed E-state index contributed by atoms with van der Waals surface area (Å²) >= 11 is 0. The SMILES string of the molecule is CCCCCC(c1[c]cccc1)C(C)CCCC. The van der Waals surface area contributed by atoms with Gasteiger partial charge in [-0.25, -0.2) is 0 Å². The Kier molecular flexibility index (Phi) is 7.80. The van der Waals surface area contributed by atoms with Crippen LogP contribution in [0.15, 0.2) is 24.3 Å². The van der Waals surface area contributed by atoms with E-state index in [0.717, 1.165) is 5.92 Å². The van der Waals surface area contributed by atoms with E-state index in [4.69, 9.17) is 0 Å². The molecular formula is C18H29. The van der Waals surface area contributed by atoms with Crippen molar-refractivity contribution in [2.24, 2.45) is 5.92 Å². The van der Waals surface area contributed by atoms with Crippen molar-refractivity contribution in [3.63, 3.8) is 0 Å². The molecule has 0 aliphatic rings. The first-order valence-corrected chi connectivity index (χ1v) is 7.76. The van der Waals surface area contributed by atoms with E-state index in [1.165, 1.54) is 50.5 Å². The van der Waals surface area contributed by atoms with Crippen LogP contribution in [0.1, 0.15) is 77.2 Å². The molecule has 0 saturated carbocycles. The smallest absolute Gasteiger partial charge is 0.0130 e. The Balaban J connectivity index is 2.62. The molecule has 0 amide bonds. The van der Waals surface area contributed by atoms with Crippen LogP contribution in [0, 0.1) is 12.0 Å². The van der Waals surface area contributed by atoms with Gasteiger partial charge in [0.05, 0.1) is 0 Å². The van der Waals surface area contributed by atoms with Crippen molar-refractivity contribution in [1.29, 1.82) is 0 Å². The van der Waals surface area contributed by atoms with Gasteiger partial charge in [0.1, 0.15) is 0 Å². The molecule has 0 aliphatic carbocycles. The fraction of sp³-hybridized carbons (Fsp3) is 0.667. The molecule has 0 aliphatic heterocycles. The summed E-state index contributed by atoms with van der Waals surface area (Å²) in [5, 5.41) is 0. The number of unbranched alkanes of at least 4 members (excludes halogenated alkanes) is 3. The zero-order valence-electron chi connectivity index (χ0n) is 12.4. The zero-order valence-corrected chi connectivity index (χ0v) is 12.4. The molecule has 0 bridgehead atoms. The van der Waals surface area contributed by atoms with Gasteiger partial charge in [-0.15, -0.1) is 0 Å². The Morgan fingerprint density at radius 3 is 2.39 bits per heavy atom. The second-order valence-electron chi connectivity index (χ2n) is 5.54. The van der Waals surface area contributed by atoms with Crippen LogP contribution in [0.2, 0.25) is 0 Å². The topological polar surface area (TPSA) is 0 Å². The van der Waals surface area contributed by atoms with Crippen LogP contribution in [0.5, 0.6) is 0 Å². The number of benzene rings is 1. The van der Waals surface area contributed by atoms with Crippen molar-refractivity contribution in [3.05, 3.63) is 35.9 Å². The van der Waals surface area contributed by atoms with Crippen molar-refractivity contribution in [1.82, 2.24) is 0 Å². The molecule has 0 heteroatoms. The fourth-order valence-corrected chi connectivity index (χ4v) is 2.73. The summed E-state index contributed by atoms with van der Waals surface area (Å²) in [5.74, 6) is 1.50. The summed E-state index contributed by atoms with van der Waals surface area (Å²) in [6.07, 6.45) is 9.40. The van der Waals surface area contributed by atoms with Crippen molar-refractivity contribution < 1.29 is 0 Å². The van der Waals surface area contributed by atoms with Crippen molar-refractivity contribution in [2.45, 2.75) is 71.6 Å². The molecule has 1 radical (unpaired) electrons. The quantitative estimate of drug-likeness (QED) is 0.470. The van der Waals surface area contributed by atoms with Gasteiger partial charge in [-0.1, -0.05) is 83.6 Å². The molecule has 0 fully saturated rings. The molecule has 0 spiro atoms. The van der Waals surface area contributed by atoms with E-state index in [-0.39, 0.29) is 0 Å². The summed E-state index contributed by atoms with van der Waals surface area (Å²) in [7, 11) is 0. The van der Waals surface area contributed by atoms with E-state index < -0.39 is 0 Å². The Bertz CT molecular complexity index is 288. The highest BCUT2D eigenvalue weighted by Crippen LogP contribution is 2.32. The van der Waals surface area contributed by atoms with Gasteiger partial charge in [0.2, 0.25) is 0 Å². The first kappa shape index (κ1) is 15.3.